The van der Waals surface area contributed by atoms with Crippen molar-refractivity contribution in [2.45, 2.75) is 42.2 Å². The van der Waals surface area contributed by atoms with Crippen LogP contribution in [-0.4, -0.2) is 28.8 Å². The summed E-state index contributed by atoms with van der Waals surface area (Å²) in [6.07, 6.45) is 0.868. The quantitative estimate of drug-likeness (QED) is 0.788. The molecule has 78 valence electrons. The first-order valence-corrected chi connectivity index (χ1v) is 5.01. The van der Waals surface area contributed by atoms with Crippen LogP contribution in [0.1, 0.15) is 25.7 Å². The normalized spacial score (nSPS) is 24.7. The molecule has 0 saturated heterocycles. The van der Waals surface area contributed by atoms with E-state index >= 15 is 0 Å². The minimum Gasteiger partial charge on any atom is -0.383 e. The zero-order valence-corrected chi connectivity index (χ0v) is 8.98. The Kier molecular flexibility index (Phi) is 3.30. The van der Waals surface area contributed by atoms with E-state index in [1.54, 1.807) is 0 Å². The fourth-order valence-electron chi connectivity index (χ4n) is 1.86. The molecule has 0 bridgehead atoms. The molecule has 13 heavy (non-hydrogen) atoms. The largest absolute Gasteiger partial charge is 0.383 e. The Bertz CT molecular complexity index is 175. The van der Waals surface area contributed by atoms with Gasteiger partial charge in [-0.1, -0.05) is 12.8 Å². The molecule has 0 aromatic rings. The van der Waals surface area contributed by atoms with Crippen LogP contribution in [0, 0.1) is 0 Å². The van der Waals surface area contributed by atoms with Crippen LogP contribution in [0.4, 0.5) is 8.78 Å². The van der Waals surface area contributed by atoms with E-state index in [0.29, 0.717) is 12.8 Å². The molecular formula is C8H13BrF2O2. The molecular weight excluding hydrogens is 246 g/mol. The van der Waals surface area contributed by atoms with Crippen LogP contribution < -0.4 is 0 Å². The molecule has 1 N–H and O–H groups in total. The monoisotopic (exact) mass is 258 g/mol. The SMILES string of the molecule is COC1(C(O)C(F)(F)Br)CCCC1. The van der Waals surface area contributed by atoms with E-state index < -0.39 is 16.5 Å². The van der Waals surface area contributed by atoms with Crippen molar-refractivity contribution in [2.24, 2.45) is 0 Å². The van der Waals surface area contributed by atoms with Crippen molar-refractivity contribution in [2.75, 3.05) is 7.11 Å². The van der Waals surface area contributed by atoms with Crippen LogP contribution in [0.25, 0.3) is 0 Å². The lowest BCUT2D eigenvalue weighted by Gasteiger charge is -2.34. The van der Waals surface area contributed by atoms with Gasteiger partial charge in [0.1, 0.15) is 5.60 Å². The molecule has 1 unspecified atom stereocenters. The lowest BCUT2D eigenvalue weighted by molar-refractivity contribution is -0.161. The molecule has 0 radical (unpaired) electrons. The zero-order chi connectivity index (χ0) is 10.1. The van der Waals surface area contributed by atoms with E-state index in [9.17, 15) is 13.9 Å². The van der Waals surface area contributed by atoms with Gasteiger partial charge < -0.3 is 9.84 Å². The van der Waals surface area contributed by atoms with Crippen LogP contribution >= 0.6 is 15.9 Å². The highest BCUT2D eigenvalue weighted by atomic mass is 79.9. The Morgan fingerprint density at radius 1 is 1.46 bits per heavy atom. The number of methoxy groups -OCH3 is 1. The molecule has 2 nitrogen and oxygen atoms in total. The molecule has 0 heterocycles. The molecule has 1 rings (SSSR count). The molecule has 5 heteroatoms. The first-order valence-electron chi connectivity index (χ1n) is 4.22. The Morgan fingerprint density at radius 2 is 1.92 bits per heavy atom. The van der Waals surface area contributed by atoms with Gasteiger partial charge in [0.2, 0.25) is 0 Å². The minimum atomic E-state index is -3.27. The van der Waals surface area contributed by atoms with Crippen LogP contribution in [0.15, 0.2) is 0 Å². The second-order valence-electron chi connectivity index (χ2n) is 3.42. The third kappa shape index (κ3) is 2.19. The molecule has 0 aromatic heterocycles. The van der Waals surface area contributed by atoms with E-state index in [-0.39, 0.29) is 0 Å². The van der Waals surface area contributed by atoms with Crippen molar-refractivity contribution in [1.29, 1.82) is 0 Å². The highest BCUT2D eigenvalue weighted by molar-refractivity contribution is 9.10. The minimum absolute atomic E-state index is 0.492. The van der Waals surface area contributed by atoms with E-state index in [1.165, 1.54) is 7.11 Å². The Hall–Kier alpha value is 0.260. The number of ether oxygens (including phenoxy) is 1. The third-order valence-electron chi connectivity index (χ3n) is 2.66. The summed E-state index contributed by atoms with van der Waals surface area (Å²) >= 11 is 2.17. The lowest BCUT2D eigenvalue weighted by Crippen LogP contribution is -2.49. The number of halogens is 3. The topological polar surface area (TPSA) is 29.5 Å². The summed E-state index contributed by atoms with van der Waals surface area (Å²) in [5, 5.41) is 9.41. The number of aliphatic hydroxyl groups excluding tert-OH is 1. The maximum absolute atomic E-state index is 12.8. The van der Waals surface area contributed by atoms with Gasteiger partial charge >= 0.3 is 4.83 Å². The van der Waals surface area contributed by atoms with Gasteiger partial charge in [0.15, 0.2) is 6.10 Å². The molecule has 0 aromatic carbocycles. The average Bonchev–Trinajstić information content (AvgIpc) is 2.50. The van der Waals surface area contributed by atoms with Crippen molar-refractivity contribution < 1.29 is 18.6 Å². The smallest absolute Gasteiger partial charge is 0.329 e. The van der Waals surface area contributed by atoms with Crippen molar-refractivity contribution >= 4 is 15.9 Å². The Labute approximate surface area is 84.4 Å². The van der Waals surface area contributed by atoms with E-state index in [1.807, 2.05) is 0 Å². The summed E-state index contributed by atoms with van der Waals surface area (Å²) in [6.45, 7) is 0. The van der Waals surface area contributed by atoms with Crippen LogP contribution in [0.3, 0.4) is 0 Å². The summed E-state index contributed by atoms with van der Waals surface area (Å²) in [7, 11) is 1.37. The van der Waals surface area contributed by atoms with E-state index in [0.717, 1.165) is 12.8 Å². The fourth-order valence-corrected chi connectivity index (χ4v) is 2.28. The Balaban J connectivity index is 2.76. The average molecular weight is 259 g/mol. The highest BCUT2D eigenvalue weighted by Crippen LogP contribution is 2.43. The summed E-state index contributed by atoms with van der Waals surface area (Å²) in [5.41, 5.74) is -1.06. The summed E-state index contributed by atoms with van der Waals surface area (Å²) in [6, 6.07) is 0. The van der Waals surface area contributed by atoms with Crippen LogP contribution in [-0.2, 0) is 4.74 Å². The number of hydrogen-bond acceptors (Lipinski definition) is 2. The molecule has 1 atom stereocenters. The fraction of sp³-hybridized carbons (Fsp3) is 1.00. The lowest BCUT2D eigenvalue weighted by atomic mass is 9.95. The number of hydrogen-bond donors (Lipinski definition) is 1. The molecule has 1 aliphatic carbocycles. The molecule has 1 fully saturated rings. The number of rotatable bonds is 3. The van der Waals surface area contributed by atoms with Gasteiger partial charge in [-0.15, -0.1) is 0 Å². The van der Waals surface area contributed by atoms with Gasteiger partial charge in [0.25, 0.3) is 0 Å². The predicted octanol–water partition coefficient (Wildman–Crippen LogP) is 2.29. The standard InChI is InChI=1S/C8H13BrF2O2/c1-13-7(4-2-3-5-7)6(12)8(9,10)11/h6,12H,2-5H2,1H3. The highest BCUT2D eigenvalue weighted by Gasteiger charge is 2.52. The summed E-state index contributed by atoms with van der Waals surface area (Å²) in [5.74, 6) is 0. The van der Waals surface area contributed by atoms with Gasteiger partial charge in [0, 0.05) is 7.11 Å². The number of aliphatic hydroxyl groups is 1. The van der Waals surface area contributed by atoms with Crippen molar-refractivity contribution in [1.82, 2.24) is 0 Å². The van der Waals surface area contributed by atoms with E-state index in [2.05, 4.69) is 15.9 Å². The molecule has 1 saturated carbocycles. The zero-order valence-electron chi connectivity index (χ0n) is 7.40. The third-order valence-corrected chi connectivity index (χ3v) is 3.10. The molecule has 0 amide bonds. The van der Waals surface area contributed by atoms with Gasteiger partial charge in [-0.05, 0) is 28.8 Å². The summed E-state index contributed by atoms with van der Waals surface area (Å²) in [4.78, 5) is -3.27. The van der Waals surface area contributed by atoms with Crippen LogP contribution in [0.2, 0.25) is 0 Å². The molecule has 0 aliphatic heterocycles. The van der Waals surface area contributed by atoms with E-state index in [4.69, 9.17) is 4.74 Å². The van der Waals surface area contributed by atoms with Crippen molar-refractivity contribution in [3.8, 4) is 0 Å². The summed E-state index contributed by atoms with van der Waals surface area (Å²) < 4.78 is 30.6. The maximum atomic E-state index is 12.8. The second-order valence-corrected chi connectivity index (χ2v) is 4.48. The Morgan fingerprint density at radius 3 is 2.23 bits per heavy atom. The van der Waals surface area contributed by atoms with Gasteiger partial charge in [-0.2, -0.15) is 8.78 Å². The first-order chi connectivity index (χ1) is 5.92. The molecule has 1 aliphatic rings. The van der Waals surface area contributed by atoms with Crippen LogP contribution in [0.5, 0.6) is 0 Å². The van der Waals surface area contributed by atoms with Gasteiger partial charge in [-0.25, -0.2) is 0 Å². The van der Waals surface area contributed by atoms with Gasteiger partial charge in [-0.3, -0.25) is 0 Å². The second kappa shape index (κ2) is 3.79. The number of alkyl halides is 3. The first kappa shape index (κ1) is 11.3. The van der Waals surface area contributed by atoms with Crippen molar-refractivity contribution in [3.63, 3.8) is 0 Å². The van der Waals surface area contributed by atoms with Gasteiger partial charge in [0.05, 0.1) is 0 Å². The maximum Gasteiger partial charge on any atom is 0.329 e. The predicted molar refractivity (Wildman–Crippen MR) is 48.1 cm³/mol. The molecule has 0 spiro atoms. The van der Waals surface area contributed by atoms with Crippen molar-refractivity contribution in [3.05, 3.63) is 0 Å².